The summed E-state index contributed by atoms with van der Waals surface area (Å²) in [7, 11) is 2.04. The molecule has 0 spiro atoms. The van der Waals surface area contributed by atoms with E-state index >= 15 is 0 Å². The third kappa shape index (κ3) is 3.19. The lowest BCUT2D eigenvalue weighted by molar-refractivity contribution is 0.217. The van der Waals surface area contributed by atoms with Gasteiger partial charge < -0.3 is 8.98 Å². The first-order chi connectivity index (χ1) is 14.1. The minimum absolute atomic E-state index is 0.585. The maximum absolute atomic E-state index is 9.05. The second kappa shape index (κ2) is 7.03. The van der Waals surface area contributed by atoms with Crippen LogP contribution in [0.15, 0.2) is 46.9 Å². The van der Waals surface area contributed by atoms with E-state index in [-0.39, 0.29) is 0 Å². The predicted molar refractivity (Wildman–Crippen MR) is 110 cm³/mol. The van der Waals surface area contributed by atoms with Crippen molar-refractivity contribution in [2.45, 2.75) is 19.5 Å². The first-order valence-corrected chi connectivity index (χ1v) is 9.81. The van der Waals surface area contributed by atoms with Crippen molar-refractivity contribution in [2.75, 3.05) is 6.54 Å². The van der Waals surface area contributed by atoms with Crippen LogP contribution >= 0.6 is 11.6 Å². The molecule has 0 fully saturated rings. The molecule has 144 valence electrons. The van der Waals surface area contributed by atoms with Gasteiger partial charge in [-0.25, -0.2) is 9.97 Å². The van der Waals surface area contributed by atoms with Crippen molar-refractivity contribution in [2.24, 2.45) is 7.05 Å². The molecule has 4 aromatic rings. The molecule has 3 heterocycles. The maximum atomic E-state index is 9.05. The average Bonchev–Trinajstić information content (AvgIpc) is 3.28. The van der Waals surface area contributed by atoms with Gasteiger partial charge in [0.1, 0.15) is 11.3 Å². The summed E-state index contributed by atoms with van der Waals surface area (Å²) in [6.07, 6.45) is 0.867. The zero-order valence-electron chi connectivity index (χ0n) is 15.9. The highest BCUT2D eigenvalue weighted by Gasteiger charge is 2.25. The van der Waals surface area contributed by atoms with Crippen LogP contribution in [0, 0.1) is 11.3 Å². The van der Waals surface area contributed by atoms with E-state index in [0.717, 1.165) is 42.1 Å². The van der Waals surface area contributed by atoms with Crippen molar-refractivity contribution < 1.29 is 4.42 Å². The Balaban J connectivity index is 1.40. The van der Waals surface area contributed by atoms with Gasteiger partial charge in [-0.2, -0.15) is 5.26 Å². The van der Waals surface area contributed by atoms with Crippen molar-refractivity contribution in [3.05, 3.63) is 70.3 Å². The van der Waals surface area contributed by atoms with Gasteiger partial charge in [0.2, 0.25) is 5.89 Å². The van der Waals surface area contributed by atoms with Crippen molar-refractivity contribution in [3.63, 3.8) is 0 Å². The Bertz CT molecular complexity index is 1270. The van der Waals surface area contributed by atoms with Crippen LogP contribution in [0.25, 0.3) is 22.5 Å². The summed E-state index contributed by atoms with van der Waals surface area (Å²) in [5.41, 5.74) is 5.27. The molecular formula is C22H18ClN5O. The lowest BCUT2D eigenvalue weighted by Gasteiger charge is -2.25. The number of nitriles is 1. The van der Waals surface area contributed by atoms with Crippen LogP contribution in [0.1, 0.15) is 22.8 Å². The summed E-state index contributed by atoms with van der Waals surface area (Å²) >= 11 is 6.39. The fourth-order valence-electron chi connectivity index (χ4n) is 3.86. The number of oxazole rings is 1. The molecule has 0 aliphatic carbocycles. The van der Waals surface area contributed by atoms with Crippen LogP contribution in [0.4, 0.5) is 0 Å². The number of fused-ring (bicyclic) bond motifs is 2. The molecule has 29 heavy (non-hydrogen) atoms. The molecule has 2 aromatic heterocycles. The number of aromatic nitrogens is 3. The van der Waals surface area contributed by atoms with Crippen LogP contribution in [0.5, 0.6) is 0 Å². The van der Waals surface area contributed by atoms with E-state index in [2.05, 4.69) is 20.5 Å². The predicted octanol–water partition coefficient (Wildman–Crippen LogP) is 4.31. The Kier molecular flexibility index (Phi) is 4.35. The fourth-order valence-corrected chi connectivity index (χ4v) is 4.08. The van der Waals surface area contributed by atoms with Crippen molar-refractivity contribution in [1.29, 1.82) is 5.26 Å². The lowest BCUT2D eigenvalue weighted by atomic mass is 10.1. The van der Waals surface area contributed by atoms with E-state index in [4.69, 9.17) is 26.3 Å². The number of nitrogens with zero attached hydrogens (tertiary/aromatic N) is 5. The molecule has 0 unspecified atom stereocenters. The Morgan fingerprint density at radius 1 is 1.21 bits per heavy atom. The summed E-state index contributed by atoms with van der Waals surface area (Å²) < 4.78 is 8.01. The van der Waals surface area contributed by atoms with Crippen LogP contribution in [-0.2, 0) is 26.6 Å². The summed E-state index contributed by atoms with van der Waals surface area (Å²) in [6.45, 7) is 2.27. The van der Waals surface area contributed by atoms with Crippen molar-refractivity contribution in [3.8, 4) is 17.5 Å². The molecule has 0 saturated heterocycles. The molecule has 0 atom stereocenters. The molecule has 1 aliphatic heterocycles. The zero-order chi connectivity index (χ0) is 20.0. The second-order valence-electron chi connectivity index (χ2n) is 7.23. The Hall–Kier alpha value is -3.14. The van der Waals surface area contributed by atoms with Gasteiger partial charge in [-0.1, -0.05) is 23.7 Å². The van der Waals surface area contributed by atoms with Crippen LogP contribution < -0.4 is 0 Å². The highest BCUT2D eigenvalue weighted by atomic mass is 35.5. The van der Waals surface area contributed by atoms with E-state index in [1.807, 2.05) is 31.3 Å². The maximum Gasteiger partial charge on any atom is 0.209 e. The van der Waals surface area contributed by atoms with Crippen molar-refractivity contribution >= 4 is 22.7 Å². The Morgan fingerprint density at radius 2 is 2.07 bits per heavy atom. The molecular weight excluding hydrogens is 386 g/mol. The van der Waals surface area contributed by atoms with Gasteiger partial charge in [0.15, 0.2) is 5.58 Å². The van der Waals surface area contributed by atoms with Crippen LogP contribution in [0.3, 0.4) is 0 Å². The fraction of sp³-hybridized carbons (Fsp3) is 0.227. The number of rotatable bonds is 3. The molecule has 2 aromatic carbocycles. The van der Waals surface area contributed by atoms with E-state index in [9.17, 15) is 0 Å². The number of hydrogen-bond acceptors (Lipinski definition) is 5. The summed E-state index contributed by atoms with van der Waals surface area (Å²) in [4.78, 5) is 11.7. The lowest BCUT2D eigenvalue weighted by Crippen LogP contribution is -2.31. The molecule has 0 bridgehead atoms. The normalized spacial score (nSPS) is 14.1. The first-order valence-electron chi connectivity index (χ1n) is 9.43. The molecule has 0 N–H and O–H groups in total. The van der Waals surface area contributed by atoms with E-state index in [1.165, 1.54) is 5.69 Å². The first kappa shape index (κ1) is 17.9. The van der Waals surface area contributed by atoms with Gasteiger partial charge in [0.05, 0.1) is 34.6 Å². The topological polar surface area (TPSA) is 70.9 Å². The van der Waals surface area contributed by atoms with Crippen LogP contribution in [0.2, 0.25) is 5.02 Å². The quantitative estimate of drug-likeness (QED) is 0.509. The monoisotopic (exact) mass is 403 g/mol. The van der Waals surface area contributed by atoms with E-state index in [1.54, 1.807) is 18.2 Å². The minimum Gasteiger partial charge on any atom is -0.439 e. The third-order valence-corrected chi connectivity index (χ3v) is 5.70. The average molecular weight is 404 g/mol. The van der Waals surface area contributed by atoms with Gasteiger partial charge in [-0.15, -0.1) is 0 Å². The molecule has 1 aliphatic rings. The summed E-state index contributed by atoms with van der Waals surface area (Å²) in [5, 5.41) is 9.76. The summed E-state index contributed by atoms with van der Waals surface area (Å²) in [6, 6.07) is 15.2. The van der Waals surface area contributed by atoms with Gasteiger partial charge >= 0.3 is 0 Å². The third-order valence-electron chi connectivity index (χ3n) is 5.37. The Morgan fingerprint density at radius 3 is 2.90 bits per heavy atom. The van der Waals surface area contributed by atoms with Gasteiger partial charge in [0.25, 0.3) is 0 Å². The highest BCUT2D eigenvalue weighted by molar-refractivity contribution is 6.33. The minimum atomic E-state index is 0.585. The van der Waals surface area contributed by atoms with Crippen LogP contribution in [-0.4, -0.2) is 26.0 Å². The molecule has 7 heteroatoms. The van der Waals surface area contributed by atoms with Gasteiger partial charge in [-0.3, -0.25) is 4.90 Å². The standard InChI is InChI=1S/C22H18ClN5O/c1-27-19-12-28(13-21-25-18-10-14(11-24)6-7-20(18)29-21)9-8-17(19)26-22(27)15-4-2-3-5-16(15)23/h2-7,10H,8-9,12-13H2,1H3. The van der Waals surface area contributed by atoms with E-state index < -0.39 is 0 Å². The number of hydrogen-bond donors (Lipinski definition) is 0. The molecule has 6 nitrogen and oxygen atoms in total. The summed E-state index contributed by atoms with van der Waals surface area (Å²) in [5.74, 6) is 1.56. The smallest absolute Gasteiger partial charge is 0.209 e. The molecule has 0 saturated carbocycles. The second-order valence-corrected chi connectivity index (χ2v) is 7.64. The van der Waals surface area contributed by atoms with Gasteiger partial charge in [-0.05, 0) is 30.3 Å². The van der Waals surface area contributed by atoms with Crippen molar-refractivity contribution in [1.82, 2.24) is 19.4 Å². The van der Waals surface area contributed by atoms with E-state index in [0.29, 0.717) is 28.6 Å². The van der Waals surface area contributed by atoms with Gasteiger partial charge in [0, 0.05) is 32.1 Å². The molecule has 5 rings (SSSR count). The number of benzene rings is 2. The molecule has 0 radical (unpaired) electrons. The SMILES string of the molecule is Cn1c(-c2ccccc2Cl)nc2c1CN(Cc1nc3cc(C#N)ccc3o1)CC2. The number of halogens is 1. The largest absolute Gasteiger partial charge is 0.439 e. The Labute approximate surface area is 173 Å². The molecule has 0 amide bonds. The number of imidazole rings is 1. The zero-order valence-corrected chi connectivity index (χ0v) is 16.6. The highest BCUT2D eigenvalue weighted by Crippen LogP contribution is 2.30.